The lowest BCUT2D eigenvalue weighted by Crippen LogP contribution is -2.34. The van der Waals surface area contributed by atoms with Gasteiger partial charge in [-0.25, -0.2) is 9.99 Å². The Labute approximate surface area is 176 Å². The highest BCUT2D eigenvalue weighted by molar-refractivity contribution is 5.95. The molecule has 2 aromatic rings. The molecule has 0 bridgehead atoms. The summed E-state index contributed by atoms with van der Waals surface area (Å²) in [5.74, 6) is -0.926. The highest BCUT2D eigenvalue weighted by Crippen LogP contribution is 2.36. The number of aromatic nitrogens is 3. The number of hydrogen-bond acceptors (Lipinski definition) is 5. The summed E-state index contributed by atoms with van der Waals surface area (Å²) in [6, 6.07) is -0.336. The third kappa shape index (κ3) is 4.89. The Morgan fingerprint density at radius 1 is 1.06 bits per heavy atom. The second kappa shape index (κ2) is 8.24. The van der Waals surface area contributed by atoms with Gasteiger partial charge in [0.2, 0.25) is 5.91 Å². The van der Waals surface area contributed by atoms with E-state index in [-0.39, 0.29) is 30.6 Å². The third-order valence-corrected chi connectivity index (χ3v) is 4.59. The summed E-state index contributed by atoms with van der Waals surface area (Å²) in [5, 5.41) is 11.5. The van der Waals surface area contributed by atoms with Gasteiger partial charge in [-0.1, -0.05) is 0 Å². The summed E-state index contributed by atoms with van der Waals surface area (Å²) in [4.78, 5) is 28.1. The number of carbonyl (C=O) groups excluding carboxylic acids is 2. The second-order valence-electron chi connectivity index (χ2n) is 6.95. The molecule has 1 aliphatic rings. The number of rotatable bonds is 3. The molecule has 1 aromatic carbocycles. The van der Waals surface area contributed by atoms with Crippen molar-refractivity contribution in [2.45, 2.75) is 38.2 Å². The zero-order chi connectivity index (χ0) is 23.8. The van der Waals surface area contributed by atoms with Gasteiger partial charge in [0, 0.05) is 25.5 Å². The van der Waals surface area contributed by atoms with Gasteiger partial charge in [-0.2, -0.15) is 41.2 Å². The number of hydrazone groups is 1. The Bertz CT molecular complexity index is 1040. The van der Waals surface area contributed by atoms with Crippen LogP contribution < -0.4 is 5.32 Å². The van der Waals surface area contributed by atoms with E-state index in [1.807, 2.05) is 0 Å². The van der Waals surface area contributed by atoms with E-state index in [0.717, 1.165) is 11.3 Å². The lowest BCUT2D eigenvalue weighted by Gasteiger charge is -2.21. The van der Waals surface area contributed by atoms with Crippen LogP contribution in [0.1, 0.15) is 53.1 Å². The summed E-state index contributed by atoms with van der Waals surface area (Å²) in [7, 11) is 1.44. The van der Waals surface area contributed by atoms with Gasteiger partial charge < -0.3 is 5.32 Å². The van der Waals surface area contributed by atoms with Gasteiger partial charge in [0.25, 0.3) is 5.91 Å². The van der Waals surface area contributed by atoms with Crippen molar-refractivity contribution in [1.29, 1.82) is 0 Å². The molecule has 2 amide bonds. The van der Waals surface area contributed by atoms with Crippen LogP contribution in [0.4, 0.5) is 26.3 Å². The minimum absolute atomic E-state index is 0.0597. The molecule has 0 radical (unpaired) electrons. The monoisotopic (exact) mass is 462 g/mol. The number of nitrogens with zero attached hydrogens (tertiary/aromatic N) is 5. The van der Waals surface area contributed by atoms with Crippen LogP contribution in [0.3, 0.4) is 0 Å². The first kappa shape index (κ1) is 23.2. The van der Waals surface area contributed by atoms with E-state index in [1.54, 1.807) is 0 Å². The van der Waals surface area contributed by atoms with Crippen molar-refractivity contribution in [1.82, 2.24) is 25.1 Å². The van der Waals surface area contributed by atoms with Crippen molar-refractivity contribution < 1.29 is 35.9 Å². The maximum Gasteiger partial charge on any atom is 0.416 e. The van der Waals surface area contributed by atoms with Crippen molar-refractivity contribution in [2.24, 2.45) is 5.10 Å². The van der Waals surface area contributed by atoms with Crippen LogP contribution in [0.2, 0.25) is 0 Å². The summed E-state index contributed by atoms with van der Waals surface area (Å²) in [6.45, 7) is 1.43. The molecule has 1 atom stereocenters. The molecule has 0 unspecified atom stereocenters. The van der Waals surface area contributed by atoms with Gasteiger partial charge in [-0.15, -0.1) is 0 Å². The van der Waals surface area contributed by atoms with Crippen LogP contribution >= 0.6 is 0 Å². The van der Waals surface area contributed by atoms with Gasteiger partial charge in [0.15, 0.2) is 11.7 Å². The molecular formula is C18H16F6N6O2. The van der Waals surface area contributed by atoms with E-state index in [0.29, 0.717) is 18.0 Å². The SMILES string of the molecule is C[C@H](NC(=O)c1cc(C(F)(F)F)cc(C(F)(F)F)c1)c1ncnn1C1=NN(C)C(=O)CC1. The molecule has 0 saturated heterocycles. The van der Waals surface area contributed by atoms with Crippen LogP contribution in [0.15, 0.2) is 29.6 Å². The average molecular weight is 462 g/mol. The highest BCUT2D eigenvalue weighted by Gasteiger charge is 2.37. The Kier molecular flexibility index (Phi) is 5.98. The van der Waals surface area contributed by atoms with Gasteiger partial charge in [0.1, 0.15) is 6.33 Å². The summed E-state index contributed by atoms with van der Waals surface area (Å²) in [6.07, 6.45) is -8.64. The Morgan fingerprint density at radius 3 is 2.19 bits per heavy atom. The Balaban J connectivity index is 1.88. The number of benzene rings is 1. The maximum atomic E-state index is 13.0. The third-order valence-electron chi connectivity index (χ3n) is 4.59. The summed E-state index contributed by atoms with van der Waals surface area (Å²) < 4.78 is 79.5. The molecule has 0 fully saturated rings. The highest BCUT2D eigenvalue weighted by atomic mass is 19.4. The van der Waals surface area contributed by atoms with Crippen molar-refractivity contribution in [3.63, 3.8) is 0 Å². The molecule has 1 aliphatic heterocycles. The van der Waals surface area contributed by atoms with Crippen molar-refractivity contribution in [2.75, 3.05) is 7.05 Å². The van der Waals surface area contributed by atoms with Crippen LogP contribution in [0.25, 0.3) is 0 Å². The molecule has 1 N–H and O–H groups in total. The largest absolute Gasteiger partial charge is 0.416 e. The molecule has 1 aromatic heterocycles. The number of nitrogens with one attached hydrogen (secondary N) is 1. The van der Waals surface area contributed by atoms with Crippen LogP contribution in [-0.2, 0) is 17.1 Å². The van der Waals surface area contributed by atoms with Gasteiger partial charge in [-0.3, -0.25) is 9.59 Å². The molecule has 32 heavy (non-hydrogen) atoms. The van der Waals surface area contributed by atoms with Gasteiger partial charge in [0.05, 0.1) is 17.2 Å². The number of carbonyl (C=O) groups is 2. The number of hydrogen-bond donors (Lipinski definition) is 1. The molecule has 0 saturated carbocycles. The van der Waals surface area contributed by atoms with Crippen LogP contribution in [0.5, 0.6) is 0 Å². The van der Waals surface area contributed by atoms with E-state index in [9.17, 15) is 35.9 Å². The lowest BCUT2D eigenvalue weighted by molar-refractivity contribution is -0.143. The minimum atomic E-state index is -5.08. The van der Waals surface area contributed by atoms with E-state index in [4.69, 9.17) is 0 Å². The molecule has 8 nitrogen and oxygen atoms in total. The average Bonchev–Trinajstić information content (AvgIpc) is 3.18. The molecule has 0 aliphatic carbocycles. The van der Waals surface area contributed by atoms with E-state index < -0.39 is 41.0 Å². The molecular weight excluding hydrogens is 446 g/mol. The first-order valence-electron chi connectivity index (χ1n) is 9.12. The quantitative estimate of drug-likeness (QED) is 0.709. The van der Waals surface area contributed by atoms with Crippen molar-refractivity contribution >= 4 is 17.6 Å². The smallest absolute Gasteiger partial charge is 0.342 e. The van der Waals surface area contributed by atoms with Crippen LogP contribution in [-0.4, -0.2) is 44.5 Å². The van der Waals surface area contributed by atoms with E-state index in [2.05, 4.69) is 20.5 Å². The first-order chi connectivity index (χ1) is 14.8. The standard InChI is InChI=1S/C18H16F6N6O2/c1-9(15-25-8-26-30(15)13-3-4-14(31)29(2)28-13)27-16(32)10-5-11(17(19,20)21)7-12(6-10)18(22,23)24/h5-9H,3-4H2,1-2H3,(H,27,32)/t9-/m0/s1. The molecule has 14 heteroatoms. The molecule has 2 heterocycles. The Morgan fingerprint density at radius 2 is 1.66 bits per heavy atom. The second-order valence-corrected chi connectivity index (χ2v) is 6.95. The van der Waals surface area contributed by atoms with E-state index >= 15 is 0 Å². The fraction of sp³-hybridized carbons (Fsp3) is 0.389. The van der Waals surface area contributed by atoms with E-state index in [1.165, 1.54) is 18.7 Å². The predicted octanol–water partition coefficient (Wildman–Crippen LogP) is 3.22. The molecule has 172 valence electrons. The molecule has 0 spiro atoms. The summed E-state index contributed by atoms with van der Waals surface area (Å²) in [5.41, 5.74) is -4.01. The number of amides is 2. The lowest BCUT2D eigenvalue weighted by atomic mass is 10.0. The number of alkyl halides is 6. The van der Waals surface area contributed by atoms with Crippen molar-refractivity contribution in [3.05, 3.63) is 47.0 Å². The minimum Gasteiger partial charge on any atom is -0.342 e. The normalized spacial score (nSPS) is 16.1. The predicted molar refractivity (Wildman–Crippen MR) is 97.2 cm³/mol. The summed E-state index contributed by atoms with van der Waals surface area (Å²) >= 11 is 0. The number of halogens is 6. The van der Waals surface area contributed by atoms with Gasteiger partial charge in [-0.05, 0) is 25.1 Å². The zero-order valence-electron chi connectivity index (χ0n) is 16.6. The zero-order valence-corrected chi connectivity index (χ0v) is 16.6. The van der Waals surface area contributed by atoms with Crippen LogP contribution in [0, 0.1) is 0 Å². The maximum absolute atomic E-state index is 13.0. The fourth-order valence-corrected chi connectivity index (χ4v) is 2.98. The fourth-order valence-electron chi connectivity index (χ4n) is 2.98. The molecule has 3 rings (SSSR count). The van der Waals surface area contributed by atoms with Crippen molar-refractivity contribution in [3.8, 4) is 0 Å². The van der Waals surface area contributed by atoms with Gasteiger partial charge >= 0.3 is 12.4 Å². The Hall–Kier alpha value is -3.45. The topological polar surface area (TPSA) is 92.5 Å². The first-order valence-corrected chi connectivity index (χ1v) is 9.12.